The van der Waals surface area contributed by atoms with Gasteiger partial charge in [0, 0.05) is 13.0 Å². The Kier molecular flexibility index (Phi) is 4.02. The second-order valence-electron chi connectivity index (χ2n) is 4.77. The molecule has 112 valence electrons. The molecule has 4 nitrogen and oxygen atoms in total. The van der Waals surface area contributed by atoms with Crippen LogP contribution < -0.4 is 10.2 Å². The van der Waals surface area contributed by atoms with E-state index in [4.69, 9.17) is 0 Å². The second kappa shape index (κ2) is 6.11. The van der Waals surface area contributed by atoms with E-state index < -0.39 is 5.82 Å². The monoisotopic (exact) mass is 316 g/mol. The van der Waals surface area contributed by atoms with E-state index >= 15 is 0 Å². The molecule has 3 aromatic rings. The van der Waals surface area contributed by atoms with E-state index in [1.807, 2.05) is 24.3 Å². The van der Waals surface area contributed by atoms with Gasteiger partial charge in [0.2, 0.25) is 5.91 Å². The van der Waals surface area contributed by atoms with Gasteiger partial charge in [0.25, 0.3) is 0 Å². The fourth-order valence-electron chi connectivity index (χ4n) is 2.21. The molecule has 1 heterocycles. The largest absolute Gasteiger partial charge is 0.324 e. The number of aromatic nitrogens is 1. The van der Waals surface area contributed by atoms with Crippen molar-refractivity contribution in [2.75, 3.05) is 5.32 Å². The van der Waals surface area contributed by atoms with Gasteiger partial charge in [-0.05, 0) is 24.3 Å². The lowest BCUT2D eigenvalue weighted by Crippen LogP contribution is -2.19. The van der Waals surface area contributed by atoms with Crippen molar-refractivity contribution in [3.8, 4) is 0 Å². The van der Waals surface area contributed by atoms with Gasteiger partial charge >= 0.3 is 4.87 Å². The number of carbonyl (C=O) groups is 1. The highest BCUT2D eigenvalue weighted by molar-refractivity contribution is 7.16. The van der Waals surface area contributed by atoms with Crippen LogP contribution in [-0.4, -0.2) is 10.5 Å². The minimum atomic E-state index is -0.478. The van der Waals surface area contributed by atoms with Crippen molar-refractivity contribution in [2.24, 2.45) is 0 Å². The number of halogens is 1. The maximum atomic E-state index is 13.5. The second-order valence-corrected chi connectivity index (χ2v) is 5.76. The Morgan fingerprint density at radius 2 is 1.86 bits per heavy atom. The molecule has 0 saturated carbocycles. The highest BCUT2D eigenvalue weighted by atomic mass is 32.1. The highest BCUT2D eigenvalue weighted by Crippen LogP contribution is 2.17. The molecular weight excluding hydrogens is 303 g/mol. The van der Waals surface area contributed by atoms with Crippen LogP contribution in [0.15, 0.2) is 53.3 Å². The Morgan fingerprint density at radius 3 is 2.68 bits per heavy atom. The Hall–Kier alpha value is -2.47. The third-order valence-corrected chi connectivity index (χ3v) is 4.24. The summed E-state index contributed by atoms with van der Waals surface area (Å²) in [5.74, 6) is -0.804. The topological polar surface area (TPSA) is 51.1 Å². The zero-order chi connectivity index (χ0) is 15.5. The van der Waals surface area contributed by atoms with Crippen LogP contribution in [0.1, 0.15) is 6.42 Å². The lowest BCUT2D eigenvalue weighted by Gasteiger charge is -2.07. The number of anilines is 1. The third-order valence-electron chi connectivity index (χ3n) is 3.28. The molecule has 0 saturated heterocycles. The number of hydrogen-bond acceptors (Lipinski definition) is 3. The summed E-state index contributed by atoms with van der Waals surface area (Å²) >= 11 is 1.15. The first-order valence-electron chi connectivity index (χ1n) is 6.78. The zero-order valence-corrected chi connectivity index (χ0v) is 12.4. The molecule has 0 fully saturated rings. The lowest BCUT2D eigenvalue weighted by molar-refractivity contribution is -0.116. The highest BCUT2D eigenvalue weighted by Gasteiger charge is 2.10. The van der Waals surface area contributed by atoms with Gasteiger partial charge in [-0.1, -0.05) is 35.6 Å². The SMILES string of the molecule is O=C(CCn1c(=O)sc2ccccc21)Nc1ccccc1F. The minimum Gasteiger partial charge on any atom is -0.324 e. The van der Waals surface area contributed by atoms with E-state index in [1.165, 1.54) is 12.1 Å². The molecule has 0 aliphatic heterocycles. The third kappa shape index (κ3) is 2.92. The quantitative estimate of drug-likeness (QED) is 0.803. The number of para-hydroxylation sites is 2. The minimum absolute atomic E-state index is 0.0973. The van der Waals surface area contributed by atoms with Gasteiger partial charge in [-0.15, -0.1) is 0 Å². The molecule has 0 aliphatic carbocycles. The molecule has 6 heteroatoms. The first-order chi connectivity index (χ1) is 10.6. The fourth-order valence-corrected chi connectivity index (χ4v) is 3.13. The standard InChI is InChI=1S/C16H13FN2O2S/c17-11-5-1-2-6-12(11)18-15(20)9-10-19-13-7-3-4-8-14(13)22-16(19)21/h1-8H,9-10H2,(H,18,20). The first-order valence-corrected chi connectivity index (χ1v) is 7.59. The number of nitrogens with zero attached hydrogens (tertiary/aromatic N) is 1. The summed E-state index contributed by atoms with van der Waals surface area (Å²) in [5, 5.41) is 2.51. The number of rotatable bonds is 4. The van der Waals surface area contributed by atoms with Crippen LogP contribution in [0, 0.1) is 5.82 Å². The molecule has 0 spiro atoms. The molecule has 1 aromatic heterocycles. The van der Waals surface area contributed by atoms with E-state index in [0.29, 0.717) is 0 Å². The predicted octanol–water partition coefficient (Wildman–Crippen LogP) is 3.23. The van der Waals surface area contributed by atoms with Crippen molar-refractivity contribution in [1.82, 2.24) is 4.57 Å². The van der Waals surface area contributed by atoms with Crippen molar-refractivity contribution >= 4 is 33.1 Å². The van der Waals surface area contributed by atoms with Crippen molar-refractivity contribution in [3.63, 3.8) is 0 Å². The molecule has 3 rings (SSSR count). The van der Waals surface area contributed by atoms with Crippen LogP contribution in [-0.2, 0) is 11.3 Å². The average molecular weight is 316 g/mol. The molecule has 0 atom stereocenters. The normalized spacial score (nSPS) is 10.8. The van der Waals surface area contributed by atoms with E-state index in [2.05, 4.69) is 5.32 Å². The average Bonchev–Trinajstić information content (AvgIpc) is 2.83. The molecular formula is C16H13FN2O2S. The van der Waals surface area contributed by atoms with Crippen LogP contribution in [0.25, 0.3) is 10.2 Å². The molecule has 1 N–H and O–H groups in total. The van der Waals surface area contributed by atoms with Crippen molar-refractivity contribution in [2.45, 2.75) is 13.0 Å². The number of benzene rings is 2. The van der Waals surface area contributed by atoms with E-state index in [0.717, 1.165) is 21.6 Å². The summed E-state index contributed by atoms with van der Waals surface area (Å²) < 4.78 is 15.9. The summed E-state index contributed by atoms with van der Waals surface area (Å²) in [6.45, 7) is 0.267. The summed E-state index contributed by atoms with van der Waals surface area (Å²) in [6, 6.07) is 13.4. The van der Waals surface area contributed by atoms with Crippen molar-refractivity contribution in [1.29, 1.82) is 0 Å². The number of aryl methyl sites for hydroxylation is 1. The van der Waals surface area contributed by atoms with Gasteiger partial charge in [-0.3, -0.25) is 14.2 Å². The van der Waals surface area contributed by atoms with Gasteiger partial charge in [0.15, 0.2) is 0 Å². The van der Waals surface area contributed by atoms with Gasteiger partial charge in [-0.2, -0.15) is 0 Å². The van der Waals surface area contributed by atoms with Gasteiger partial charge in [0.05, 0.1) is 15.9 Å². The fraction of sp³-hybridized carbons (Fsp3) is 0.125. The molecule has 2 aromatic carbocycles. The van der Waals surface area contributed by atoms with Crippen LogP contribution >= 0.6 is 11.3 Å². The summed E-state index contributed by atoms with van der Waals surface area (Å²) in [4.78, 5) is 23.8. The van der Waals surface area contributed by atoms with Crippen LogP contribution in [0.4, 0.5) is 10.1 Å². The molecule has 0 radical (unpaired) electrons. The number of nitrogens with one attached hydrogen (secondary N) is 1. The zero-order valence-electron chi connectivity index (χ0n) is 11.6. The Bertz CT molecular complexity index is 885. The summed E-state index contributed by atoms with van der Waals surface area (Å²) in [6.07, 6.45) is 0.106. The van der Waals surface area contributed by atoms with Gasteiger partial charge in [0.1, 0.15) is 5.82 Å². The van der Waals surface area contributed by atoms with Crippen LogP contribution in [0.5, 0.6) is 0 Å². The lowest BCUT2D eigenvalue weighted by atomic mass is 10.3. The van der Waals surface area contributed by atoms with E-state index in [-0.39, 0.29) is 29.4 Å². The number of hydrogen-bond donors (Lipinski definition) is 1. The predicted molar refractivity (Wildman–Crippen MR) is 85.7 cm³/mol. The van der Waals surface area contributed by atoms with E-state index in [1.54, 1.807) is 16.7 Å². The molecule has 0 bridgehead atoms. The number of carbonyl (C=O) groups excluding carboxylic acids is 1. The Balaban J connectivity index is 1.72. The molecule has 0 unspecified atom stereocenters. The first kappa shape index (κ1) is 14.5. The van der Waals surface area contributed by atoms with Crippen LogP contribution in [0.3, 0.4) is 0 Å². The molecule has 1 amide bonds. The molecule has 0 aliphatic rings. The number of fused-ring (bicyclic) bond motifs is 1. The molecule has 22 heavy (non-hydrogen) atoms. The summed E-state index contributed by atoms with van der Waals surface area (Å²) in [5.41, 5.74) is 0.964. The summed E-state index contributed by atoms with van der Waals surface area (Å²) in [7, 11) is 0. The van der Waals surface area contributed by atoms with Crippen molar-refractivity contribution < 1.29 is 9.18 Å². The smallest absolute Gasteiger partial charge is 0.308 e. The maximum Gasteiger partial charge on any atom is 0.308 e. The number of thiazole rings is 1. The van der Waals surface area contributed by atoms with Crippen LogP contribution in [0.2, 0.25) is 0 Å². The number of amides is 1. The Morgan fingerprint density at radius 1 is 1.14 bits per heavy atom. The van der Waals surface area contributed by atoms with Gasteiger partial charge in [-0.25, -0.2) is 4.39 Å². The Labute approximate surface area is 129 Å². The van der Waals surface area contributed by atoms with Gasteiger partial charge < -0.3 is 5.32 Å². The van der Waals surface area contributed by atoms with Crippen molar-refractivity contribution in [3.05, 3.63) is 64.0 Å². The van der Waals surface area contributed by atoms with E-state index in [9.17, 15) is 14.0 Å². The maximum absolute atomic E-state index is 13.5.